The molecule has 0 atom stereocenters. The van der Waals surface area contributed by atoms with Crippen LogP contribution in [0.3, 0.4) is 0 Å². The lowest BCUT2D eigenvalue weighted by Gasteiger charge is -2.11. The van der Waals surface area contributed by atoms with Crippen molar-refractivity contribution in [1.29, 1.82) is 0 Å². The van der Waals surface area contributed by atoms with Gasteiger partial charge in [-0.2, -0.15) is 0 Å². The number of nitrogens with zero attached hydrogens (tertiary/aromatic N) is 1. The van der Waals surface area contributed by atoms with Gasteiger partial charge in [0.25, 0.3) is 5.91 Å². The number of nitrogens with one attached hydrogen (secondary N) is 1. The van der Waals surface area contributed by atoms with E-state index in [1.807, 2.05) is 36.4 Å². The predicted molar refractivity (Wildman–Crippen MR) is 113 cm³/mol. The van der Waals surface area contributed by atoms with Crippen molar-refractivity contribution in [3.05, 3.63) is 59.7 Å². The summed E-state index contributed by atoms with van der Waals surface area (Å²) < 4.78 is 5.69. The van der Waals surface area contributed by atoms with Crippen LogP contribution in [0.4, 0.5) is 5.69 Å². The zero-order valence-corrected chi connectivity index (χ0v) is 17.2. The fourth-order valence-corrected chi connectivity index (χ4v) is 2.60. The minimum atomic E-state index is -0.171. The average molecular weight is 383 g/mol. The Bertz CT molecular complexity index is 783. The lowest BCUT2D eigenvalue weighted by Crippen LogP contribution is -2.21. The molecule has 0 bridgehead atoms. The van der Waals surface area contributed by atoms with E-state index >= 15 is 0 Å². The Labute approximate surface area is 167 Å². The smallest absolute Gasteiger partial charge is 0.255 e. The molecule has 0 aliphatic carbocycles. The van der Waals surface area contributed by atoms with Gasteiger partial charge < -0.3 is 15.0 Å². The molecule has 0 spiro atoms. The van der Waals surface area contributed by atoms with Gasteiger partial charge in [-0.3, -0.25) is 9.59 Å². The number of hydrogen-bond acceptors (Lipinski definition) is 3. The van der Waals surface area contributed by atoms with Crippen LogP contribution < -0.4 is 10.1 Å². The van der Waals surface area contributed by atoms with Crippen molar-refractivity contribution < 1.29 is 14.3 Å². The maximum Gasteiger partial charge on any atom is 0.255 e. The van der Waals surface area contributed by atoms with E-state index in [2.05, 4.69) is 19.2 Å². The molecule has 2 aromatic rings. The molecule has 0 saturated carbocycles. The molecule has 1 N–H and O–H groups in total. The SMILES string of the molecule is CC(C)CCOc1ccc(C(=O)Nc2cccc(CCC(=O)N(C)C)c2)cc1. The van der Waals surface area contributed by atoms with E-state index < -0.39 is 0 Å². The van der Waals surface area contributed by atoms with Gasteiger partial charge in [-0.15, -0.1) is 0 Å². The first-order chi connectivity index (χ1) is 13.3. The van der Waals surface area contributed by atoms with Crippen LogP contribution in [0, 0.1) is 5.92 Å². The summed E-state index contributed by atoms with van der Waals surface area (Å²) in [6, 6.07) is 14.8. The summed E-state index contributed by atoms with van der Waals surface area (Å²) in [5.74, 6) is 1.28. The molecular formula is C23H30N2O3. The number of carbonyl (C=O) groups is 2. The zero-order chi connectivity index (χ0) is 20.5. The molecular weight excluding hydrogens is 352 g/mol. The fourth-order valence-electron chi connectivity index (χ4n) is 2.60. The molecule has 0 aromatic heterocycles. The Morgan fingerprint density at radius 1 is 1.07 bits per heavy atom. The number of benzene rings is 2. The van der Waals surface area contributed by atoms with Crippen LogP contribution in [0.15, 0.2) is 48.5 Å². The summed E-state index contributed by atoms with van der Waals surface area (Å²) in [6.07, 6.45) is 2.09. The number of anilines is 1. The molecule has 0 radical (unpaired) electrons. The number of rotatable bonds is 9. The van der Waals surface area contributed by atoms with Crippen molar-refractivity contribution in [1.82, 2.24) is 4.90 Å². The molecule has 28 heavy (non-hydrogen) atoms. The molecule has 0 unspecified atom stereocenters. The number of hydrogen-bond donors (Lipinski definition) is 1. The third-order valence-corrected chi connectivity index (χ3v) is 4.39. The van der Waals surface area contributed by atoms with Gasteiger partial charge in [-0.1, -0.05) is 26.0 Å². The maximum atomic E-state index is 12.5. The van der Waals surface area contributed by atoms with E-state index in [0.717, 1.165) is 23.4 Å². The average Bonchev–Trinajstić information content (AvgIpc) is 2.66. The first kappa shape index (κ1) is 21.5. The molecule has 5 heteroatoms. The minimum Gasteiger partial charge on any atom is -0.494 e. The van der Waals surface area contributed by atoms with E-state index in [4.69, 9.17) is 4.74 Å². The Balaban J connectivity index is 1.91. The van der Waals surface area contributed by atoms with Crippen LogP contribution in [0.5, 0.6) is 5.75 Å². The number of carbonyl (C=O) groups excluding carboxylic acids is 2. The first-order valence-corrected chi connectivity index (χ1v) is 9.68. The van der Waals surface area contributed by atoms with Crippen LogP contribution in [0.2, 0.25) is 0 Å². The molecule has 0 saturated heterocycles. The normalized spacial score (nSPS) is 10.6. The van der Waals surface area contributed by atoms with Crippen LogP contribution in [-0.2, 0) is 11.2 Å². The molecule has 0 heterocycles. The van der Waals surface area contributed by atoms with Gasteiger partial charge in [-0.05, 0) is 60.7 Å². The second-order valence-corrected chi connectivity index (χ2v) is 7.50. The van der Waals surface area contributed by atoms with Gasteiger partial charge >= 0.3 is 0 Å². The summed E-state index contributed by atoms with van der Waals surface area (Å²) >= 11 is 0. The monoisotopic (exact) mass is 382 g/mol. The van der Waals surface area contributed by atoms with E-state index in [-0.39, 0.29) is 11.8 Å². The second kappa shape index (κ2) is 10.5. The van der Waals surface area contributed by atoms with E-state index in [1.165, 1.54) is 0 Å². The lowest BCUT2D eigenvalue weighted by atomic mass is 10.1. The van der Waals surface area contributed by atoms with E-state index in [0.29, 0.717) is 30.9 Å². The van der Waals surface area contributed by atoms with Crippen molar-refractivity contribution in [3.63, 3.8) is 0 Å². The lowest BCUT2D eigenvalue weighted by molar-refractivity contribution is -0.128. The molecule has 5 nitrogen and oxygen atoms in total. The third kappa shape index (κ3) is 7.06. The topological polar surface area (TPSA) is 58.6 Å². The van der Waals surface area contributed by atoms with Crippen molar-refractivity contribution >= 4 is 17.5 Å². The predicted octanol–water partition coefficient (Wildman–Crippen LogP) is 4.38. The highest BCUT2D eigenvalue weighted by atomic mass is 16.5. The highest BCUT2D eigenvalue weighted by Crippen LogP contribution is 2.17. The Morgan fingerprint density at radius 2 is 1.79 bits per heavy atom. The third-order valence-electron chi connectivity index (χ3n) is 4.39. The number of amides is 2. The maximum absolute atomic E-state index is 12.5. The summed E-state index contributed by atoms with van der Waals surface area (Å²) in [7, 11) is 3.50. The van der Waals surface area contributed by atoms with Gasteiger partial charge in [0.1, 0.15) is 5.75 Å². The molecule has 2 aromatic carbocycles. The molecule has 0 aliphatic rings. The first-order valence-electron chi connectivity index (χ1n) is 9.68. The van der Waals surface area contributed by atoms with Gasteiger partial charge in [0.2, 0.25) is 5.91 Å². The summed E-state index contributed by atoms with van der Waals surface area (Å²) in [5.41, 5.74) is 2.31. The zero-order valence-electron chi connectivity index (χ0n) is 17.2. The van der Waals surface area contributed by atoms with Crippen LogP contribution in [0.1, 0.15) is 42.6 Å². The van der Waals surface area contributed by atoms with Gasteiger partial charge in [0.15, 0.2) is 0 Å². The summed E-state index contributed by atoms with van der Waals surface area (Å²) in [6.45, 7) is 4.99. The molecule has 0 aliphatic heterocycles. The highest BCUT2D eigenvalue weighted by Gasteiger charge is 2.08. The van der Waals surface area contributed by atoms with Gasteiger partial charge in [0, 0.05) is 31.8 Å². The summed E-state index contributed by atoms with van der Waals surface area (Å²) in [4.78, 5) is 25.8. The van der Waals surface area contributed by atoms with Crippen molar-refractivity contribution in [2.75, 3.05) is 26.0 Å². The highest BCUT2D eigenvalue weighted by molar-refractivity contribution is 6.04. The van der Waals surface area contributed by atoms with Crippen molar-refractivity contribution in [3.8, 4) is 5.75 Å². The molecule has 0 fully saturated rings. The van der Waals surface area contributed by atoms with Crippen LogP contribution in [-0.4, -0.2) is 37.4 Å². The second-order valence-electron chi connectivity index (χ2n) is 7.50. The quantitative estimate of drug-likeness (QED) is 0.700. The molecule has 2 rings (SSSR count). The Hall–Kier alpha value is -2.82. The van der Waals surface area contributed by atoms with Crippen LogP contribution in [0.25, 0.3) is 0 Å². The number of ether oxygens (including phenoxy) is 1. The Morgan fingerprint density at radius 3 is 2.43 bits per heavy atom. The summed E-state index contributed by atoms with van der Waals surface area (Å²) in [5, 5.41) is 2.91. The standard InChI is InChI=1S/C23H30N2O3/c1-17(2)14-15-28-21-11-9-19(10-12-21)23(27)24-20-7-5-6-18(16-20)8-13-22(26)25(3)4/h5-7,9-12,16-17H,8,13-15H2,1-4H3,(H,24,27). The largest absolute Gasteiger partial charge is 0.494 e. The van der Waals surface area contributed by atoms with Gasteiger partial charge in [0.05, 0.1) is 6.61 Å². The molecule has 2 amide bonds. The minimum absolute atomic E-state index is 0.0881. The van der Waals surface area contributed by atoms with Crippen molar-refractivity contribution in [2.45, 2.75) is 33.1 Å². The fraction of sp³-hybridized carbons (Fsp3) is 0.391. The van der Waals surface area contributed by atoms with E-state index in [1.54, 1.807) is 31.1 Å². The van der Waals surface area contributed by atoms with Gasteiger partial charge in [-0.25, -0.2) is 0 Å². The van der Waals surface area contributed by atoms with E-state index in [9.17, 15) is 9.59 Å². The van der Waals surface area contributed by atoms with Crippen LogP contribution >= 0.6 is 0 Å². The Kier molecular flexibility index (Phi) is 8.05. The molecule has 150 valence electrons. The van der Waals surface area contributed by atoms with Crippen molar-refractivity contribution in [2.24, 2.45) is 5.92 Å². The number of aryl methyl sites for hydroxylation is 1.